The number of rotatable bonds is 3. The molecule has 2 heteroatoms. The van der Waals surface area contributed by atoms with Crippen molar-refractivity contribution in [2.75, 3.05) is 5.32 Å². The summed E-state index contributed by atoms with van der Waals surface area (Å²) in [5, 5.41) is 3.54. The van der Waals surface area contributed by atoms with Gasteiger partial charge in [0.15, 0.2) is 0 Å². The summed E-state index contributed by atoms with van der Waals surface area (Å²) in [6.07, 6.45) is 2.44. The first-order chi connectivity index (χ1) is 13.3. The molecule has 0 saturated heterocycles. The van der Waals surface area contributed by atoms with Crippen molar-refractivity contribution in [3.63, 3.8) is 0 Å². The van der Waals surface area contributed by atoms with E-state index in [0.717, 1.165) is 22.4 Å². The van der Waals surface area contributed by atoms with Gasteiger partial charge in [0.25, 0.3) is 0 Å². The number of hydrogen-bond donors (Lipinski definition) is 1. The summed E-state index contributed by atoms with van der Waals surface area (Å²) >= 11 is 0. The van der Waals surface area contributed by atoms with Crippen LogP contribution in [-0.2, 0) is 10.8 Å². The zero-order chi connectivity index (χ0) is 19.9. The Bertz CT molecular complexity index is 1000. The van der Waals surface area contributed by atoms with Gasteiger partial charge in [-0.15, -0.1) is 0 Å². The second kappa shape index (κ2) is 6.85. The van der Waals surface area contributed by atoms with Crippen molar-refractivity contribution in [3.8, 4) is 11.1 Å². The smallest absolute Gasteiger partial charge is 0.116 e. The van der Waals surface area contributed by atoms with E-state index in [-0.39, 0.29) is 10.8 Å². The molecular weight excluding hydrogens is 337 g/mol. The fraction of sp³-hybridized carbons (Fsp3) is 0.308. The first-order valence-corrected chi connectivity index (χ1v) is 10.1. The van der Waals surface area contributed by atoms with Gasteiger partial charge in [-0.05, 0) is 64.1 Å². The van der Waals surface area contributed by atoms with Gasteiger partial charge < -0.3 is 5.32 Å². The Morgan fingerprint density at radius 1 is 0.714 bits per heavy atom. The summed E-state index contributed by atoms with van der Waals surface area (Å²) in [5.41, 5.74) is 8.49. The zero-order valence-corrected chi connectivity index (χ0v) is 17.3. The maximum atomic E-state index is 6.38. The monoisotopic (exact) mass is 365 g/mol. The normalized spacial score (nSPS) is 17.0. The van der Waals surface area contributed by atoms with Gasteiger partial charge >= 0.3 is 0 Å². The topological polar surface area (TPSA) is 12.0 Å². The first kappa shape index (κ1) is 18.9. The predicted octanol–water partition coefficient (Wildman–Crippen LogP) is 6.24. The summed E-state index contributed by atoms with van der Waals surface area (Å²) in [7, 11) is 6.38. The predicted molar refractivity (Wildman–Crippen MR) is 122 cm³/mol. The molecule has 0 aliphatic heterocycles. The molecule has 1 aliphatic rings. The van der Waals surface area contributed by atoms with Gasteiger partial charge in [0.2, 0.25) is 0 Å². The summed E-state index contributed by atoms with van der Waals surface area (Å²) in [6, 6.07) is 23.4. The maximum Gasteiger partial charge on any atom is 0.116 e. The van der Waals surface area contributed by atoms with Crippen LogP contribution in [0.25, 0.3) is 11.1 Å². The zero-order valence-electron chi connectivity index (χ0n) is 17.3. The van der Waals surface area contributed by atoms with Gasteiger partial charge in [0.05, 0.1) is 0 Å². The molecule has 0 saturated carbocycles. The lowest BCUT2D eigenvalue weighted by molar-refractivity contribution is 0.332. The van der Waals surface area contributed by atoms with Gasteiger partial charge in [-0.2, -0.15) is 0 Å². The highest BCUT2D eigenvalue weighted by molar-refractivity contribution is 6.36. The third-order valence-electron chi connectivity index (χ3n) is 6.29. The van der Waals surface area contributed by atoms with Crippen LogP contribution in [0.15, 0.2) is 66.7 Å². The van der Waals surface area contributed by atoms with Crippen LogP contribution in [0.1, 0.15) is 51.7 Å². The molecule has 0 fully saturated rings. The lowest BCUT2D eigenvalue weighted by Crippen LogP contribution is -2.33. The van der Waals surface area contributed by atoms with E-state index in [2.05, 4.69) is 75.5 Å². The van der Waals surface area contributed by atoms with E-state index in [1.165, 1.54) is 29.5 Å². The largest absolute Gasteiger partial charge is 0.356 e. The molecule has 140 valence electrons. The third kappa shape index (κ3) is 3.48. The third-order valence-corrected chi connectivity index (χ3v) is 6.29. The number of fused-ring (bicyclic) bond motifs is 1. The van der Waals surface area contributed by atoms with Gasteiger partial charge in [0, 0.05) is 11.4 Å². The molecule has 3 aromatic rings. The van der Waals surface area contributed by atoms with Crippen LogP contribution in [0.4, 0.5) is 11.4 Å². The van der Waals surface area contributed by atoms with E-state index in [0.29, 0.717) is 0 Å². The van der Waals surface area contributed by atoms with E-state index >= 15 is 0 Å². The van der Waals surface area contributed by atoms with Gasteiger partial charge in [-0.1, -0.05) is 81.7 Å². The van der Waals surface area contributed by atoms with Gasteiger partial charge in [-0.3, -0.25) is 0 Å². The summed E-state index contributed by atoms with van der Waals surface area (Å²) in [4.78, 5) is 0. The van der Waals surface area contributed by atoms with Crippen molar-refractivity contribution in [2.24, 2.45) is 0 Å². The summed E-state index contributed by atoms with van der Waals surface area (Å²) in [6.45, 7) is 9.42. The van der Waals surface area contributed by atoms with Crippen molar-refractivity contribution in [2.45, 2.75) is 51.4 Å². The van der Waals surface area contributed by atoms with Crippen LogP contribution in [0.5, 0.6) is 0 Å². The molecule has 0 bridgehead atoms. The molecule has 4 rings (SSSR count). The fourth-order valence-electron chi connectivity index (χ4n) is 4.31. The molecule has 0 amide bonds. The Hall–Kier alpha value is -2.48. The molecule has 1 aliphatic carbocycles. The van der Waals surface area contributed by atoms with Gasteiger partial charge in [-0.25, -0.2) is 0 Å². The first-order valence-electron chi connectivity index (χ1n) is 10.1. The Kier molecular flexibility index (Phi) is 4.61. The summed E-state index contributed by atoms with van der Waals surface area (Å²) < 4.78 is 0. The number of nitrogens with one attached hydrogen (secondary N) is 1. The van der Waals surface area contributed by atoms with E-state index in [1.54, 1.807) is 0 Å². The van der Waals surface area contributed by atoms with Crippen LogP contribution in [0.2, 0.25) is 0 Å². The van der Waals surface area contributed by atoms with E-state index in [4.69, 9.17) is 7.85 Å². The molecule has 1 N–H and O–H groups in total. The van der Waals surface area contributed by atoms with E-state index in [9.17, 15) is 0 Å². The number of anilines is 2. The molecule has 2 radical (unpaired) electrons. The Morgan fingerprint density at radius 2 is 1.39 bits per heavy atom. The lowest BCUT2D eigenvalue weighted by atomic mass is 9.63. The van der Waals surface area contributed by atoms with Crippen molar-refractivity contribution >= 4 is 24.7 Å². The van der Waals surface area contributed by atoms with Crippen LogP contribution in [0, 0.1) is 0 Å². The van der Waals surface area contributed by atoms with Crippen LogP contribution >= 0.6 is 0 Å². The molecule has 0 heterocycles. The van der Waals surface area contributed by atoms with Gasteiger partial charge in [0.1, 0.15) is 7.85 Å². The highest BCUT2D eigenvalue weighted by atomic mass is 14.9. The summed E-state index contributed by atoms with van der Waals surface area (Å²) in [5.74, 6) is 0. The molecule has 1 nitrogen and oxygen atoms in total. The quantitative estimate of drug-likeness (QED) is 0.542. The second-order valence-electron chi connectivity index (χ2n) is 9.32. The number of hydrogen-bond acceptors (Lipinski definition) is 1. The van der Waals surface area contributed by atoms with E-state index < -0.39 is 0 Å². The van der Waals surface area contributed by atoms with Crippen molar-refractivity contribution in [1.29, 1.82) is 0 Å². The molecule has 0 atom stereocenters. The molecule has 3 aromatic carbocycles. The van der Waals surface area contributed by atoms with Crippen molar-refractivity contribution in [3.05, 3.63) is 77.9 Å². The molecule has 0 aromatic heterocycles. The Labute approximate surface area is 170 Å². The average Bonchev–Trinajstić information content (AvgIpc) is 2.68. The number of benzene rings is 3. The highest BCUT2D eigenvalue weighted by Crippen LogP contribution is 2.46. The minimum Gasteiger partial charge on any atom is -0.356 e. The molecule has 28 heavy (non-hydrogen) atoms. The molecule has 0 spiro atoms. The van der Waals surface area contributed by atoms with Crippen LogP contribution < -0.4 is 10.8 Å². The molecule has 0 unspecified atom stereocenters. The Balaban J connectivity index is 1.65. The second-order valence-corrected chi connectivity index (χ2v) is 9.32. The van der Waals surface area contributed by atoms with Crippen molar-refractivity contribution < 1.29 is 0 Å². The van der Waals surface area contributed by atoms with Crippen LogP contribution in [0.3, 0.4) is 0 Å². The lowest BCUT2D eigenvalue weighted by Gasteiger charge is -2.42. The maximum absolute atomic E-state index is 6.38. The van der Waals surface area contributed by atoms with Crippen molar-refractivity contribution in [1.82, 2.24) is 0 Å². The van der Waals surface area contributed by atoms with Crippen LogP contribution in [-0.4, -0.2) is 7.85 Å². The minimum absolute atomic E-state index is 0.200. The highest BCUT2D eigenvalue weighted by Gasteiger charge is 2.36. The average molecular weight is 365 g/mol. The van der Waals surface area contributed by atoms with E-state index in [1.807, 2.05) is 24.3 Å². The minimum atomic E-state index is 0.200. The fourth-order valence-corrected chi connectivity index (χ4v) is 4.31. The SMILES string of the molecule is [B]c1cc(-c2ccccc2)ccc1Nc1ccc2c(c1)C(C)(C)CCC2(C)C. The Morgan fingerprint density at radius 3 is 2.07 bits per heavy atom. The molecular formula is C26H28BN. The standard InChI is InChI=1S/C26H28BN/c1-25(2)14-15-26(3,4)22-17-20(11-12-21(22)25)28-24-13-10-19(16-23(24)27)18-8-6-5-7-9-18/h5-13,16-17,28H,14-15H2,1-4H3.